The monoisotopic (exact) mass is 157 g/mol. The average Bonchev–Trinajstić information content (AvgIpc) is 1.83. The molecule has 3 heteroatoms. The first-order chi connectivity index (χ1) is 4.90. The Balaban J connectivity index is 4.20. The van der Waals surface area contributed by atoms with Gasteiger partial charge in [0, 0.05) is 6.54 Å². The molecule has 0 saturated carbocycles. The van der Waals surface area contributed by atoms with Gasteiger partial charge in [0.2, 0.25) is 0 Å². The van der Waals surface area contributed by atoms with Crippen LogP contribution in [0.5, 0.6) is 0 Å². The summed E-state index contributed by atoms with van der Waals surface area (Å²) in [5, 5.41) is 9.49. The number of ketones is 1. The van der Waals surface area contributed by atoms with Crippen molar-refractivity contribution < 1.29 is 9.90 Å². The molecule has 1 N–H and O–H groups in total. The highest BCUT2D eigenvalue weighted by atomic mass is 16.3. The van der Waals surface area contributed by atoms with Crippen molar-refractivity contribution in [2.45, 2.75) is 12.5 Å². The van der Waals surface area contributed by atoms with Gasteiger partial charge in [0.25, 0.3) is 0 Å². The summed E-state index contributed by atoms with van der Waals surface area (Å²) in [6.45, 7) is 5.11. The normalized spacial score (nSPS) is 16.1. The average molecular weight is 157 g/mol. The molecule has 0 fully saturated rings. The van der Waals surface area contributed by atoms with E-state index in [9.17, 15) is 9.90 Å². The molecule has 11 heavy (non-hydrogen) atoms. The number of carbonyl (C=O) groups excluding carboxylic acids is 1. The van der Waals surface area contributed by atoms with Gasteiger partial charge in [-0.25, -0.2) is 0 Å². The van der Waals surface area contributed by atoms with Crippen LogP contribution in [-0.4, -0.2) is 42.0 Å². The quantitative estimate of drug-likeness (QED) is 0.586. The summed E-state index contributed by atoms with van der Waals surface area (Å²) in [7, 11) is 3.59. The minimum Gasteiger partial charge on any atom is -0.381 e. The Hall–Kier alpha value is -0.670. The second kappa shape index (κ2) is 3.64. The van der Waals surface area contributed by atoms with Crippen LogP contribution in [-0.2, 0) is 4.79 Å². The zero-order chi connectivity index (χ0) is 9.07. The topological polar surface area (TPSA) is 40.5 Å². The second-order valence-corrected chi connectivity index (χ2v) is 3.08. The van der Waals surface area contributed by atoms with Crippen molar-refractivity contribution in [3.8, 4) is 0 Å². The molecule has 0 aliphatic rings. The summed E-state index contributed by atoms with van der Waals surface area (Å²) in [4.78, 5) is 12.7. The minimum absolute atomic E-state index is 0.317. The Morgan fingerprint density at radius 3 is 2.45 bits per heavy atom. The molecule has 0 aliphatic carbocycles. The number of rotatable bonds is 4. The lowest BCUT2D eigenvalue weighted by atomic mass is 10.0. The molecule has 0 amide bonds. The first-order valence-electron chi connectivity index (χ1n) is 3.44. The highest BCUT2D eigenvalue weighted by Crippen LogP contribution is 2.06. The minimum atomic E-state index is -1.30. The smallest absolute Gasteiger partial charge is 0.187 e. The Bertz CT molecular complexity index is 161. The van der Waals surface area contributed by atoms with Crippen LogP contribution in [0.25, 0.3) is 0 Å². The Kier molecular flexibility index (Phi) is 3.42. The van der Waals surface area contributed by atoms with Gasteiger partial charge in [0.15, 0.2) is 5.78 Å². The lowest BCUT2D eigenvalue weighted by Gasteiger charge is -2.23. The summed E-state index contributed by atoms with van der Waals surface area (Å²) in [5.41, 5.74) is -1.30. The third kappa shape index (κ3) is 3.30. The fourth-order valence-electron chi connectivity index (χ4n) is 0.914. The SMILES string of the molecule is C=CC(=O)C(C)(O)CN(C)C. The predicted molar refractivity (Wildman–Crippen MR) is 44.4 cm³/mol. The summed E-state index contributed by atoms with van der Waals surface area (Å²) in [6.07, 6.45) is 1.14. The molecule has 0 spiro atoms. The maximum absolute atomic E-state index is 11.0. The van der Waals surface area contributed by atoms with E-state index in [1.165, 1.54) is 6.92 Å². The maximum atomic E-state index is 11.0. The van der Waals surface area contributed by atoms with Crippen LogP contribution in [0, 0.1) is 0 Å². The van der Waals surface area contributed by atoms with Crippen molar-refractivity contribution >= 4 is 5.78 Å². The zero-order valence-corrected chi connectivity index (χ0v) is 7.29. The molecular weight excluding hydrogens is 142 g/mol. The predicted octanol–water partition coefficient (Wildman–Crippen LogP) is 0.0541. The lowest BCUT2D eigenvalue weighted by molar-refractivity contribution is -0.131. The number of carbonyl (C=O) groups is 1. The molecule has 0 radical (unpaired) electrons. The molecule has 0 aliphatic heterocycles. The van der Waals surface area contributed by atoms with E-state index >= 15 is 0 Å². The summed E-state index contributed by atoms with van der Waals surface area (Å²) in [6, 6.07) is 0. The van der Waals surface area contributed by atoms with E-state index in [-0.39, 0.29) is 5.78 Å². The molecule has 3 nitrogen and oxygen atoms in total. The van der Waals surface area contributed by atoms with E-state index in [0.29, 0.717) is 6.54 Å². The van der Waals surface area contributed by atoms with Gasteiger partial charge >= 0.3 is 0 Å². The number of likely N-dealkylation sites (N-methyl/N-ethyl adjacent to an activating group) is 1. The van der Waals surface area contributed by atoms with Gasteiger partial charge in [-0.05, 0) is 27.1 Å². The summed E-state index contributed by atoms with van der Waals surface area (Å²) < 4.78 is 0. The van der Waals surface area contributed by atoms with Gasteiger partial charge in [-0.3, -0.25) is 4.79 Å². The summed E-state index contributed by atoms with van der Waals surface area (Å²) in [5.74, 6) is -0.341. The van der Waals surface area contributed by atoms with Crippen molar-refractivity contribution in [3.63, 3.8) is 0 Å². The number of aliphatic hydroxyl groups is 1. The van der Waals surface area contributed by atoms with Crippen LogP contribution in [0.2, 0.25) is 0 Å². The molecule has 0 bridgehead atoms. The number of hydrogen-bond acceptors (Lipinski definition) is 3. The fraction of sp³-hybridized carbons (Fsp3) is 0.625. The van der Waals surface area contributed by atoms with Gasteiger partial charge in [-0.2, -0.15) is 0 Å². The second-order valence-electron chi connectivity index (χ2n) is 3.08. The Morgan fingerprint density at radius 2 is 2.18 bits per heavy atom. The van der Waals surface area contributed by atoms with E-state index in [1.54, 1.807) is 19.0 Å². The van der Waals surface area contributed by atoms with Crippen molar-refractivity contribution in [2.24, 2.45) is 0 Å². The van der Waals surface area contributed by atoms with Crippen molar-refractivity contribution in [3.05, 3.63) is 12.7 Å². The molecular formula is C8H15NO2. The Labute approximate surface area is 67.3 Å². The molecule has 0 saturated heterocycles. The standard InChI is InChI=1S/C8H15NO2/c1-5-7(10)8(2,11)6-9(3)4/h5,11H,1,6H2,2-4H3. The van der Waals surface area contributed by atoms with Crippen LogP contribution in [0.3, 0.4) is 0 Å². The molecule has 1 atom stereocenters. The van der Waals surface area contributed by atoms with Crippen LogP contribution in [0.1, 0.15) is 6.92 Å². The van der Waals surface area contributed by atoms with Gasteiger partial charge < -0.3 is 10.0 Å². The lowest BCUT2D eigenvalue weighted by Crippen LogP contribution is -2.43. The third-order valence-corrected chi connectivity index (χ3v) is 1.34. The first-order valence-corrected chi connectivity index (χ1v) is 3.44. The van der Waals surface area contributed by atoms with Gasteiger partial charge in [-0.15, -0.1) is 0 Å². The number of hydrogen-bond donors (Lipinski definition) is 1. The summed E-state index contributed by atoms with van der Waals surface area (Å²) >= 11 is 0. The van der Waals surface area contributed by atoms with Crippen LogP contribution >= 0.6 is 0 Å². The van der Waals surface area contributed by atoms with Gasteiger partial charge in [0.05, 0.1) is 0 Å². The van der Waals surface area contributed by atoms with Crippen molar-refractivity contribution in [1.29, 1.82) is 0 Å². The van der Waals surface area contributed by atoms with E-state index in [0.717, 1.165) is 6.08 Å². The highest BCUT2D eigenvalue weighted by molar-refractivity contribution is 5.96. The molecule has 1 unspecified atom stereocenters. The van der Waals surface area contributed by atoms with Gasteiger partial charge in [0.1, 0.15) is 5.60 Å². The molecule has 0 aromatic carbocycles. The maximum Gasteiger partial charge on any atom is 0.187 e. The van der Waals surface area contributed by atoms with Crippen molar-refractivity contribution in [2.75, 3.05) is 20.6 Å². The zero-order valence-electron chi connectivity index (χ0n) is 7.29. The van der Waals surface area contributed by atoms with Crippen LogP contribution in [0.4, 0.5) is 0 Å². The molecule has 0 aromatic rings. The van der Waals surface area contributed by atoms with Gasteiger partial charge in [-0.1, -0.05) is 6.58 Å². The van der Waals surface area contributed by atoms with E-state index in [2.05, 4.69) is 6.58 Å². The van der Waals surface area contributed by atoms with Crippen molar-refractivity contribution in [1.82, 2.24) is 4.90 Å². The van der Waals surface area contributed by atoms with E-state index in [1.807, 2.05) is 0 Å². The van der Waals surface area contributed by atoms with Crippen LogP contribution in [0.15, 0.2) is 12.7 Å². The molecule has 0 rings (SSSR count). The largest absolute Gasteiger partial charge is 0.381 e. The molecule has 0 heterocycles. The van der Waals surface area contributed by atoms with E-state index in [4.69, 9.17) is 0 Å². The Morgan fingerprint density at radius 1 is 1.73 bits per heavy atom. The highest BCUT2D eigenvalue weighted by Gasteiger charge is 2.27. The van der Waals surface area contributed by atoms with Crippen LogP contribution < -0.4 is 0 Å². The first kappa shape index (κ1) is 10.3. The third-order valence-electron chi connectivity index (χ3n) is 1.34. The molecule has 64 valence electrons. The molecule has 0 aromatic heterocycles. The van der Waals surface area contributed by atoms with E-state index < -0.39 is 5.60 Å². The number of nitrogens with zero attached hydrogens (tertiary/aromatic N) is 1. The fourth-order valence-corrected chi connectivity index (χ4v) is 0.914.